The van der Waals surface area contributed by atoms with Crippen molar-refractivity contribution in [2.75, 3.05) is 5.88 Å². The first kappa shape index (κ1) is 16.1. The van der Waals surface area contributed by atoms with Crippen molar-refractivity contribution in [1.82, 2.24) is 5.32 Å². The molecule has 1 fully saturated rings. The second-order valence-corrected chi connectivity index (χ2v) is 5.53. The zero-order valence-electron chi connectivity index (χ0n) is 11.1. The van der Waals surface area contributed by atoms with Gasteiger partial charge in [-0.15, -0.1) is 11.6 Å². The molecule has 1 saturated carbocycles. The largest absolute Gasteiger partial charge is 0.416 e. The Balaban J connectivity index is 2.26. The van der Waals surface area contributed by atoms with Gasteiger partial charge in [0.05, 0.1) is 16.7 Å². The summed E-state index contributed by atoms with van der Waals surface area (Å²) in [5.74, 6) is -1.69. The van der Waals surface area contributed by atoms with Gasteiger partial charge in [-0.25, -0.2) is 4.39 Å². The number of amides is 1. The first-order chi connectivity index (χ1) is 9.77. The van der Waals surface area contributed by atoms with Crippen LogP contribution in [-0.2, 0) is 6.18 Å². The van der Waals surface area contributed by atoms with E-state index in [1.165, 1.54) is 0 Å². The van der Waals surface area contributed by atoms with Crippen molar-refractivity contribution in [2.24, 2.45) is 0 Å². The van der Waals surface area contributed by atoms with E-state index in [1.807, 2.05) is 0 Å². The standard InChI is InChI=1S/C14H14ClF4NO/c15-8-13(5-1-2-6-13)20-12(21)10-7-9(14(17,18)19)3-4-11(10)16/h3-4,7H,1-2,5-6,8H2,(H,20,21). The Morgan fingerprint density at radius 2 is 1.90 bits per heavy atom. The van der Waals surface area contributed by atoms with Gasteiger partial charge in [0.2, 0.25) is 0 Å². The summed E-state index contributed by atoms with van der Waals surface area (Å²) in [5.41, 5.74) is -2.32. The highest BCUT2D eigenvalue weighted by atomic mass is 35.5. The van der Waals surface area contributed by atoms with Crippen molar-refractivity contribution in [3.8, 4) is 0 Å². The summed E-state index contributed by atoms with van der Waals surface area (Å²) in [6.45, 7) is 0. The number of alkyl halides is 4. The Bertz CT molecular complexity index is 538. The Labute approximate surface area is 124 Å². The van der Waals surface area contributed by atoms with Crippen LogP contribution in [0, 0.1) is 5.82 Å². The van der Waals surface area contributed by atoms with Gasteiger partial charge in [0.1, 0.15) is 5.82 Å². The van der Waals surface area contributed by atoms with Crippen molar-refractivity contribution in [3.05, 3.63) is 35.1 Å². The van der Waals surface area contributed by atoms with Crippen LogP contribution in [0.1, 0.15) is 41.6 Å². The number of nitrogens with one attached hydrogen (secondary N) is 1. The van der Waals surface area contributed by atoms with Crippen LogP contribution in [0.3, 0.4) is 0 Å². The minimum Gasteiger partial charge on any atom is -0.345 e. The summed E-state index contributed by atoms with van der Waals surface area (Å²) in [4.78, 5) is 12.1. The smallest absolute Gasteiger partial charge is 0.345 e. The lowest BCUT2D eigenvalue weighted by Gasteiger charge is -2.28. The highest BCUT2D eigenvalue weighted by Crippen LogP contribution is 2.33. The molecule has 7 heteroatoms. The minimum atomic E-state index is -4.62. The second-order valence-electron chi connectivity index (χ2n) is 5.27. The molecule has 1 aliphatic carbocycles. The van der Waals surface area contributed by atoms with Crippen molar-refractivity contribution < 1.29 is 22.4 Å². The van der Waals surface area contributed by atoms with Crippen molar-refractivity contribution in [2.45, 2.75) is 37.4 Å². The zero-order chi connectivity index (χ0) is 15.7. The quantitative estimate of drug-likeness (QED) is 0.658. The summed E-state index contributed by atoms with van der Waals surface area (Å²) in [5, 5.41) is 2.60. The number of benzene rings is 1. The van der Waals surface area contributed by atoms with Gasteiger partial charge in [0.25, 0.3) is 5.91 Å². The van der Waals surface area contributed by atoms with E-state index in [9.17, 15) is 22.4 Å². The van der Waals surface area contributed by atoms with E-state index in [4.69, 9.17) is 11.6 Å². The van der Waals surface area contributed by atoms with E-state index >= 15 is 0 Å². The molecule has 21 heavy (non-hydrogen) atoms. The van der Waals surface area contributed by atoms with Gasteiger partial charge >= 0.3 is 6.18 Å². The van der Waals surface area contributed by atoms with Crippen molar-refractivity contribution >= 4 is 17.5 Å². The molecule has 0 radical (unpaired) electrons. The van der Waals surface area contributed by atoms with Crippen LogP contribution in [0.5, 0.6) is 0 Å². The first-order valence-corrected chi connectivity index (χ1v) is 7.06. The predicted molar refractivity (Wildman–Crippen MR) is 70.8 cm³/mol. The van der Waals surface area contributed by atoms with Gasteiger partial charge in [-0.2, -0.15) is 13.2 Å². The average Bonchev–Trinajstić information content (AvgIpc) is 2.87. The molecular weight excluding hydrogens is 310 g/mol. The number of halogens is 5. The fourth-order valence-corrected chi connectivity index (χ4v) is 2.86. The number of carbonyl (C=O) groups is 1. The molecule has 1 aromatic carbocycles. The summed E-state index contributed by atoms with van der Waals surface area (Å²) in [7, 11) is 0. The first-order valence-electron chi connectivity index (χ1n) is 6.53. The Morgan fingerprint density at radius 3 is 2.43 bits per heavy atom. The number of hydrogen-bond acceptors (Lipinski definition) is 1. The van der Waals surface area contributed by atoms with E-state index in [-0.39, 0.29) is 5.88 Å². The fraction of sp³-hybridized carbons (Fsp3) is 0.500. The molecule has 0 atom stereocenters. The maximum Gasteiger partial charge on any atom is 0.416 e. The average molecular weight is 324 g/mol. The van der Waals surface area contributed by atoms with E-state index < -0.39 is 34.6 Å². The van der Waals surface area contributed by atoms with Crippen LogP contribution < -0.4 is 5.32 Å². The molecule has 0 aliphatic heterocycles. The molecule has 116 valence electrons. The zero-order valence-corrected chi connectivity index (χ0v) is 11.8. The molecule has 0 spiro atoms. The van der Waals surface area contributed by atoms with Crippen LogP contribution in [0.25, 0.3) is 0 Å². The van der Waals surface area contributed by atoms with Crippen molar-refractivity contribution in [1.29, 1.82) is 0 Å². The third-order valence-corrected chi connectivity index (χ3v) is 4.25. The molecule has 1 aliphatic rings. The highest BCUT2D eigenvalue weighted by Gasteiger charge is 2.36. The Kier molecular flexibility index (Phi) is 4.46. The molecule has 2 rings (SSSR count). The molecule has 0 saturated heterocycles. The van der Waals surface area contributed by atoms with Crippen LogP contribution in [0.2, 0.25) is 0 Å². The lowest BCUT2D eigenvalue weighted by Crippen LogP contribution is -2.48. The number of rotatable bonds is 3. The highest BCUT2D eigenvalue weighted by molar-refractivity contribution is 6.19. The summed E-state index contributed by atoms with van der Waals surface area (Å²) in [6, 6.07) is 1.79. The van der Waals surface area contributed by atoms with Crippen molar-refractivity contribution in [3.63, 3.8) is 0 Å². The van der Waals surface area contributed by atoms with Crippen LogP contribution in [0.15, 0.2) is 18.2 Å². The van der Waals surface area contributed by atoms with Crippen LogP contribution in [0.4, 0.5) is 17.6 Å². The molecule has 0 unspecified atom stereocenters. The van der Waals surface area contributed by atoms with Gasteiger partial charge in [-0.1, -0.05) is 12.8 Å². The molecule has 0 bridgehead atoms. The van der Waals surface area contributed by atoms with E-state index in [2.05, 4.69) is 5.32 Å². The lowest BCUT2D eigenvalue weighted by molar-refractivity contribution is -0.137. The van der Waals surface area contributed by atoms with Gasteiger partial charge in [0, 0.05) is 5.88 Å². The molecule has 0 aromatic heterocycles. The van der Waals surface area contributed by atoms with Gasteiger partial charge in [-0.05, 0) is 31.0 Å². The van der Waals surface area contributed by atoms with Crippen LogP contribution in [-0.4, -0.2) is 17.3 Å². The van der Waals surface area contributed by atoms with E-state index in [0.717, 1.165) is 12.8 Å². The van der Waals surface area contributed by atoms with E-state index in [0.29, 0.717) is 31.0 Å². The van der Waals surface area contributed by atoms with Crippen LogP contribution >= 0.6 is 11.6 Å². The minimum absolute atomic E-state index is 0.152. The Morgan fingerprint density at radius 1 is 1.29 bits per heavy atom. The van der Waals surface area contributed by atoms with E-state index in [1.54, 1.807) is 0 Å². The summed E-state index contributed by atoms with van der Waals surface area (Å²) >= 11 is 5.85. The monoisotopic (exact) mass is 323 g/mol. The molecule has 1 N–H and O–H groups in total. The molecule has 0 heterocycles. The fourth-order valence-electron chi connectivity index (χ4n) is 2.53. The van der Waals surface area contributed by atoms with Gasteiger partial charge in [0.15, 0.2) is 0 Å². The molecular formula is C14H14ClF4NO. The molecule has 2 nitrogen and oxygen atoms in total. The van der Waals surface area contributed by atoms with Gasteiger partial charge in [-0.3, -0.25) is 4.79 Å². The molecule has 1 amide bonds. The molecule has 1 aromatic rings. The Hall–Kier alpha value is -1.30. The lowest BCUT2D eigenvalue weighted by atomic mass is 9.99. The number of carbonyl (C=O) groups excluding carboxylic acids is 1. The number of hydrogen-bond donors (Lipinski definition) is 1. The SMILES string of the molecule is O=C(NC1(CCl)CCCC1)c1cc(C(F)(F)F)ccc1F. The summed E-state index contributed by atoms with van der Waals surface area (Å²) in [6.07, 6.45) is -1.60. The predicted octanol–water partition coefficient (Wildman–Crippen LogP) is 4.13. The maximum absolute atomic E-state index is 13.6. The topological polar surface area (TPSA) is 29.1 Å². The maximum atomic E-state index is 13.6. The summed E-state index contributed by atoms with van der Waals surface area (Å²) < 4.78 is 51.6. The third-order valence-electron chi connectivity index (χ3n) is 3.73. The third kappa shape index (κ3) is 3.48. The second kappa shape index (κ2) is 5.83. The van der Waals surface area contributed by atoms with Gasteiger partial charge < -0.3 is 5.32 Å². The normalized spacial score (nSPS) is 17.8.